The quantitative estimate of drug-likeness (QED) is 0.862. The summed E-state index contributed by atoms with van der Waals surface area (Å²) in [6.07, 6.45) is 2.93. The maximum absolute atomic E-state index is 11.2. The number of hydrogen-bond donors (Lipinski definition) is 1. The molecule has 5 nitrogen and oxygen atoms in total. The Morgan fingerprint density at radius 2 is 2.05 bits per heavy atom. The van der Waals surface area contributed by atoms with Gasteiger partial charge in [-0.2, -0.15) is 0 Å². The molecule has 0 bridgehead atoms. The summed E-state index contributed by atoms with van der Waals surface area (Å²) in [6, 6.07) is 8.12. The van der Waals surface area contributed by atoms with E-state index < -0.39 is 10.0 Å². The van der Waals surface area contributed by atoms with E-state index >= 15 is 0 Å². The van der Waals surface area contributed by atoms with Crippen molar-refractivity contribution in [2.24, 2.45) is 0 Å². The third-order valence-electron chi connectivity index (χ3n) is 3.63. The van der Waals surface area contributed by atoms with Gasteiger partial charge in [0.15, 0.2) is 0 Å². The van der Waals surface area contributed by atoms with Crippen LogP contribution in [0.1, 0.15) is 18.4 Å². The second-order valence-corrected chi connectivity index (χ2v) is 7.45. The predicted octanol–water partition coefficient (Wildman–Crippen LogP) is 1.39. The Morgan fingerprint density at radius 3 is 2.67 bits per heavy atom. The zero-order valence-corrected chi connectivity index (χ0v) is 13.5. The van der Waals surface area contributed by atoms with Gasteiger partial charge in [0.05, 0.1) is 6.26 Å². The lowest BCUT2D eigenvalue weighted by atomic mass is 10.1. The second kappa shape index (κ2) is 7.24. The molecule has 0 aliphatic carbocycles. The summed E-state index contributed by atoms with van der Waals surface area (Å²) in [7, 11) is -3.09. The van der Waals surface area contributed by atoms with E-state index in [-0.39, 0.29) is 6.04 Å². The minimum atomic E-state index is -3.09. The van der Waals surface area contributed by atoms with Gasteiger partial charge in [0.2, 0.25) is 10.0 Å². The molecule has 1 heterocycles. The number of piperidine rings is 1. The molecule has 0 atom stereocenters. The Kier molecular flexibility index (Phi) is 5.61. The van der Waals surface area contributed by atoms with Gasteiger partial charge in [-0.15, -0.1) is 0 Å². The van der Waals surface area contributed by atoms with Crippen molar-refractivity contribution in [2.75, 3.05) is 32.5 Å². The van der Waals surface area contributed by atoms with Crippen LogP contribution in [0.5, 0.6) is 5.75 Å². The smallest absolute Gasteiger partial charge is 0.208 e. The fraction of sp³-hybridized carbons (Fsp3) is 0.600. The average Bonchev–Trinajstić information content (AvgIpc) is 2.39. The van der Waals surface area contributed by atoms with Crippen LogP contribution in [-0.2, 0) is 10.0 Å². The van der Waals surface area contributed by atoms with Gasteiger partial charge in [-0.3, -0.25) is 4.90 Å². The first-order valence-electron chi connectivity index (χ1n) is 7.31. The highest BCUT2D eigenvalue weighted by molar-refractivity contribution is 7.88. The summed E-state index contributed by atoms with van der Waals surface area (Å²) < 4.78 is 30.8. The molecular weight excluding hydrogens is 288 g/mol. The highest BCUT2D eigenvalue weighted by atomic mass is 32.2. The van der Waals surface area contributed by atoms with Crippen molar-refractivity contribution in [3.05, 3.63) is 29.8 Å². The SMILES string of the molecule is Cc1cccc(OCCN2CCC(NS(C)(=O)=O)CC2)c1. The summed E-state index contributed by atoms with van der Waals surface area (Å²) >= 11 is 0. The van der Waals surface area contributed by atoms with Crippen LogP contribution in [0.25, 0.3) is 0 Å². The molecule has 0 amide bonds. The first-order valence-corrected chi connectivity index (χ1v) is 9.21. The molecule has 0 spiro atoms. The van der Waals surface area contributed by atoms with Crippen molar-refractivity contribution >= 4 is 10.0 Å². The third-order valence-corrected chi connectivity index (χ3v) is 4.40. The van der Waals surface area contributed by atoms with E-state index in [1.807, 2.05) is 31.2 Å². The molecule has 1 aliphatic rings. The monoisotopic (exact) mass is 312 g/mol. The molecule has 0 aromatic heterocycles. The molecule has 1 saturated heterocycles. The van der Waals surface area contributed by atoms with E-state index in [1.54, 1.807) is 0 Å². The molecule has 0 radical (unpaired) electrons. The molecular formula is C15H24N2O3S. The highest BCUT2D eigenvalue weighted by Crippen LogP contribution is 2.13. The lowest BCUT2D eigenvalue weighted by Crippen LogP contribution is -2.45. The highest BCUT2D eigenvalue weighted by Gasteiger charge is 2.21. The van der Waals surface area contributed by atoms with E-state index in [0.29, 0.717) is 6.61 Å². The van der Waals surface area contributed by atoms with Gasteiger partial charge in [0, 0.05) is 12.6 Å². The Balaban J connectivity index is 1.67. The zero-order chi connectivity index (χ0) is 15.3. The first kappa shape index (κ1) is 16.3. The lowest BCUT2D eigenvalue weighted by Gasteiger charge is -2.31. The van der Waals surface area contributed by atoms with E-state index in [0.717, 1.165) is 38.2 Å². The summed E-state index contributed by atoms with van der Waals surface area (Å²) in [5.74, 6) is 0.906. The Labute approximate surface area is 127 Å². The third kappa shape index (κ3) is 6.03. The van der Waals surface area contributed by atoms with Crippen molar-refractivity contribution in [3.8, 4) is 5.75 Å². The van der Waals surface area contributed by atoms with Crippen LogP contribution in [0.2, 0.25) is 0 Å². The van der Waals surface area contributed by atoms with Gasteiger partial charge in [-0.1, -0.05) is 12.1 Å². The first-order chi connectivity index (χ1) is 9.92. The second-order valence-electron chi connectivity index (χ2n) is 5.67. The molecule has 0 unspecified atom stereocenters. The number of rotatable bonds is 6. The number of benzene rings is 1. The number of ether oxygens (including phenoxy) is 1. The molecule has 1 aliphatic heterocycles. The number of nitrogens with zero attached hydrogens (tertiary/aromatic N) is 1. The Morgan fingerprint density at radius 1 is 1.33 bits per heavy atom. The fourth-order valence-electron chi connectivity index (χ4n) is 2.57. The summed E-state index contributed by atoms with van der Waals surface area (Å²) in [5, 5.41) is 0. The Hall–Kier alpha value is -1.11. The minimum Gasteiger partial charge on any atom is -0.492 e. The standard InChI is InChI=1S/C15H24N2O3S/c1-13-4-3-5-15(12-13)20-11-10-17-8-6-14(7-9-17)16-21(2,18)19/h3-5,12,14,16H,6-11H2,1-2H3. The number of sulfonamides is 1. The summed E-state index contributed by atoms with van der Waals surface area (Å²) in [4.78, 5) is 2.32. The topological polar surface area (TPSA) is 58.6 Å². The van der Waals surface area contributed by atoms with Crippen LogP contribution in [0, 0.1) is 6.92 Å². The van der Waals surface area contributed by atoms with Gasteiger partial charge in [-0.25, -0.2) is 13.1 Å². The van der Waals surface area contributed by atoms with Gasteiger partial charge in [0.1, 0.15) is 12.4 Å². The van der Waals surface area contributed by atoms with Crippen molar-refractivity contribution in [1.29, 1.82) is 0 Å². The van der Waals surface area contributed by atoms with E-state index in [1.165, 1.54) is 11.8 Å². The van der Waals surface area contributed by atoms with Gasteiger partial charge < -0.3 is 4.74 Å². The number of nitrogens with one attached hydrogen (secondary N) is 1. The predicted molar refractivity (Wildman–Crippen MR) is 84.1 cm³/mol. The van der Waals surface area contributed by atoms with E-state index in [2.05, 4.69) is 9.62 Å². The molecule has 6 heteroatoms. The van der Waals surface area contributed by atoms with Crippen LogP contribution >= 0.6 is 0 Å². The van der Waals surface area contributed by atoms with Gasteiger partial charge in [0.25, 0.3) is 0 Å². The molecule has 1 N–H and O–H groups in total. The number of hydrogen-bond acceptors (Lipinski definition) is 4. The Bertz CT molecular complexity index is 552. The molecule has 1 aromatic rings. The van der Waals surface area contributed by atoms with E-state index in [9.17, 15) is 8.42 Å². The van der Waals surface area contributed by atoms with Crippen LogP contribution in [0.15, 0.2) is 24.3 Å². The average molecular weight is 312 g/mol. The molecule has 2 rings (SSSR count). The van der Waals surface area contributed by atoms with Gasteiger partial charge >= 0.3 is 0 Å². The maximum Gasteiger partial charge on any atom is 0.208 e. The van der Waals surface area contributed by atoms with Crippen LogP contribution in [0.4, 0.5) is 0 Å². The van der Waals surface area contributed by atoms with Crippen LogP contribution in [-0.4, -0.2) is 51.9 Å². The van der Waals surface area contributed by atoms with Crippen LogP contribution < -0.4 is 9.46 Å². The van der Waals surface area contributed by atoms with Gasteiger partial charge in [-0.05, 0) is 50.6 Å². The molecule has 0 saturated carbocycles. The maximum atomic E-state index is 11.2. The van der Waals surface area contributed by atoms with Crippen molar-refractivity contribution < 1.29 is 13.2 Å². The number of likely N-dealkylation sites (tertiary alicyclic amines) is 1. The largest absolute Gasteiger partial charge is 0.492 e. The summed E-state index contributed by atoms with van der Waals surface area (Å²) in [6.45, 7) is 5.40. The van der Waals surface area contributed by atoms with E-state index in [4.69, 9.17) is 4.74 Å². The summed E-state index contributed by atoms with van der Waals surface area (Å²) in [5.41, 5.74) is 1.19. The van der Waals surface area contributed by atoms with Crippen molar-refractivity contribution in [1.82, 2.24) is 9.62 Å². The minimum absolute atomic E-state index is 0.0777. The number of aryl methyl sites for hydroxylation is 1. The molecule has 1 aromatic carbocycles. The normalized spacial score (nSPS) is 17.8. The lowest BCUT2D eigenvalue weighted by molar-refractivity contribution is 0.170. The fourth-order valence-corrected chi connectivity index (χ4v) is 3.42. The van der Waals surface area contributed by atoms with Crippen molar-refractivity contribution in [3.63, 3.8) is 0 Å². The molecule has 21 heavy (non-hydrogen) atoms. The zero-order valence-electron chi connectivity index (χ0n) is 12.7. The van der Waals surface area contributed by atoms with Crippen LogP contribution in [0.3, 0.4) is 0 Å². The molecule has 1 fully saturated rings. The molecule has 118 valence electrons. The van der Waals surface area contributed by atoms with Crippen molar-refractivity contribution in [2.45, 2.75) is 25.8 Å².